The van der Waals surface area contributed by atoms with Crippen LogP contribution in [0.2, 0.25) is 0 Å². The van der Waals surface area contributed by atoms with E-state index in [0.717, 1.165) is 5.69 Å². The summed E-state index contributed by atoms with van der Waals surface area (Å²) in [7, 11) is 0. The van der Waals surface area contributed by atoms with Gasteiger partial charge in [-0.1, -0.05) is 6.07 Å². The quantitative estimate of drug-likeness (QED) is 0.798. The summed E-state index contributed by atoms with van der Waals surface area (Å²) in [5, 5.41) is 12.9. The summed E-state index contributed by atoms with van der Waals surface area (Å²) in [5.41, 5.74) is 4.24. The Morgan fingerprint density at radius 1 is 1.07 bits per heavy atom. The van der Waals surface area contributed by atoms with E-state index < -0.39 is 5.60 Å². The molecule has 0 aliphatic rings. The number of aliphatic hydroxyl groups is 1. The molecule has 0 unspecified atom stereocenters. The first-order valence-corrected chi connectivity index (χ1v) is 5.34. The largest absolute Gasteiger partial charge is 0.389 e. The Bertz CT molecular complexity index is 350. The molecule has 0 aromatic heterocycles. The molecule has 2 N–H and O–H groups in total. The third-order valence-electron chi connectivity index (χ3n) is 2.55. The summed E-state index contributed by atoms with van der Waals surface area (Å²) in [6.45, 7) is 10.5. The second kappa shape index (κ2) is 4.23. The van der Waals surface area contributed by atoms with Crippen LogP contribution in [-0.2, 0) is 0 Å². The van der Waals surface area contributed by atoms with Gasteiger partial charge in [0.2, 0.25) is 0 Å². The molecule has 2 nitrogen and oxygen atoms in total. The van der Waals surface area contributed by atoms with Gasteiger partial charge in [0, 0.05) is 12.2 Å². The van der Waals surface area contributed by atoms with Gasteiger partial charge in [-0.3, -0.25) is 0 Å². The lowest BCUT2D eigenvalue weighted by Gasteiger charge is -2.20. The first kappa shape index (κ1) is 12.1. The van der Waals surface area contributed by atoms with E-state index in [1.54, 1.807) is 13.8 Å². The van der Waals surface area contributed by atoms with E-state index >= 15 is 0 Å². The lowest BCUT2D eigenvalue weighted by Crippen LogP contribution is -2.29. The molecule has 0 saturated heterocycles. The van der Waals surface area contributed by atoms with Gasteiger partial charge in [0.15, 0.2) is 0 Å². The molecule has 0 fully saturated rings. The fourth-order valence-electron chi connectivity index (χ4n) is 1.46. The average Bonchev–Trinajstić information content (AvgIpc) is 2.07. The Hall–Kier alpha value is -1.02. The summed E-state index contributed by atoms with van der Waals surface area (Å²) >= 11 is 0. The summed E-state index contributed by atoms with van der Waals surface area (Å²) in [4.78, 5) is 0. The Kier molecular flexibility index (Phi) is 3.40. The van der Waals surface area contributed by atoms with Gasteiger partial charge in [0.05, 0.1) is 5.60 Å². The maximum absolute atomic E-state index is 9.63. The lowest BCUT2D eigenvalue weighted by molar-refractivity contribution is 0.0945. The molecular weight excluding hydrogens is 186 g/mol. The van der Waals surface area contributed by atoms with E-state index in [-0.39, 0.29) is 0 Å². The number of benzene rings is 1. The highest BCUT2D eigenvalue weighted by molar-refractivity contribution is 5.54. The fourth-order valence-corrected chi connectivity index (χ4v) is 1.46. The monoisotopic (exact) mass is 207 g/mol. The minimum Gasteiger partial charge on any atom is -0.389 e. The second-order valence-electron chi connectivity index (χ2n) is 4.92. The summed E-state index contributed by atoms with van der Waals surface area (Å²) in [5.74, 6) is 0. The fraction of sp³-hybridized carbons (Fsp3) is 0.538. The van der Waals surface area contributed by atoms with E-state index in [1.165, 1.54) is 16.7 Å². The van der Waals surface area contributed by atoms with E-state index in [0.29, 0.717) is 6.54 Å². The van der Waals surface area contributed by atoms with Crippen molar-refractivity contribution in [3.8, 4) is 0 Å². The first-order chi connectivity index (χ1) is 6.79. The van der Waals surface area contributed by atoms with Gasteiger partial charge < -0.3 is 10.4 Å². The number of hydrogen-bond donors (Lipinski definition) is 2. The topological polar surface area (TPSA) is 32.3 Å². The number of anilines is 1. The maximum atomic E-state index is 9.63. The van der Waals surface area contributed by atoms with E-state index in [1.807, 2.05) is 0 Å². The van der Waals surface area contributed by atoms with Gasteiger partial charge in [-0.15, -0.1) is 0 Å². The Morgan fingerprint density at radius 2 is 1.60 bits per heavy atom. The molecule has 84 valence electrons. The normalized spacial score (nSPS) is 11.6. The molecule has 1 aromatic carbocycles. The molecule has 0 heterocycles. The average molecular weight is 207 g/mol. The molecule has 0 atom stereocenters. The van der Waals surface area contributed by atoms with Crippen LogP contribution in [0.4, 0.5) is 5.69 Å². The molecule has 0 aliphatic carbocycles. The summed E-state index contributed by atoms with van der Waals surface area (Å²) in [6.07, 6.45) is 0. The van der Waals surface area contributed by atoms with Crippen LogP contribution in [-0.4, -0.2) is 17.3 Å². The predicted octanol–water partition coefficient (Wildman–Crippen LogP) is 2.79. The molecule has 0 bridgehead atoms. The highest BCUT2D eigenvalue weighted by Gasteiger charge is 2.12. The molecule has 0 amide bonds. The molecule has 1 aromatic rings. The lowest BCUT2D eigenvalue weighted by atomic mass is 10.0. The zero-order chi connectivity index (χ0) is 11.6. The molecule has 15 heavy (non-hydrogen) atoms. The number of nitrogens with one attached hydrogen (secondary N) is 1. The van der Waals surface area contributed by atoms with Crippen molar-refractivity contribution >= 4 is 5.69 Å². The van der Waals surface area contributed by atoms with Gasteiger partial charge in [0.25, 0.3) is 0 Å². The van der Waals surface area contributed by atoms with Gasteiger partial charge in [-0.05, 0) is 57.4 Å². The van der Waals surface area contributed by atoms with E-state index in [2.05, 4.69) is 38.2 Å². The Morgan fingerprint density at radius 3 is 2.13 bits per heavy atom. The van der Waals surface area contributed by atoms with Crippen LogP contribution in [0, 0.1) is 20.8 Å². The summed E-state index contributed by atoms with van der Waals surface area (Å²) < 4.78 is 0. The van der Waals surface area contributed by atoms with Gasteiger partial charge in [-0.2, -0.15) is 0 Å². The number of aryl methyl sites for hydroxylation is 3. The van der Waals surface area contributed by atoms with Crippen LogP contribution in [0.25, 0.3) is 0 Å². The molecule has 0 aliphatic heterocycles. The predicted molar refractivity (Wildman–Crippen MR) is 65.4 cm³/mol. The number of hydrogen-bond acceptors (Lipinski definition) is 2. The van der Waals surface area contributed by atoms with Crippen molar-refractivity contribution in [2.45, 2.75) is 40.2 Å². The number of rotatable bonds is 3. The molecule has 2 heteroatoms. The SMILES string of the molecule is Cc1cc(C)c(NCC(C)(C)O)cc1C. The Balaban J connectivity index is 2.82. The Labute approximate surface area is 92.3 Å². The van der Waals surface area contributed by atoms with Crippen LogP contribution >= 0.6 is 0 Å². The third kappa shape index (κ3) is 3.56. The maximum Gasteiger partial charge on any atom is 0.0763 e. The molecule has 0 saturated carbocycles. The smallest absolute Gasteiger partial charge is 0.0763 e. The molecule has 0 radical (unpaired) electrons. The van der Waals surface area contributed by atoms with Crippen LogP contribution in [0.15, 0.2) is 12.1 Å². The zero-order valence-corrected chi connectivity index (χ0v) is 10.3. The highest BCUT2D eigenvalue weighted by Crippen LogP contribution is 2.20. The van der Waals surface area contributed by atoms with Crippen molar-refractivity contribution in [2.75, 3.05) is 11.9 Å². The summed E-state index contributed by atoms with van der Waals surface area (Å²) in [6, 6.07) is 4.30. The van der Waals surface area contributed by atoms with Gasteiger partial charge in [-0.25, -0.2) is 0 Å². The minimum absolute atomic E-state index is 0.566. The zero-order valence-electron chi connectivity index (χ0n) is 10.3. The van der Waals surface area contributed by atoms with Crippen LogP contribution in [0.5, 0.6) is 0 Å². The molecule has 0 spiro atoms. The standard InChI is InChI=1S/C13H21NO/c1-9-6-11(3)12(7-10(9)2)14-8-13(4,5)15/h6-7,14-15H,8H2,1-5H3. The van der Waals surface area contributed by atoms with Gasteiger partial charge >= 0.3 is 0 Å². The minimum atomic E-state index is -0.675. The van der Waals surface area contributed by atoms with E-state index in [9.17, 15) is 5.11 Å². The second-order valence-corrected chi connectivity index (χ2v) is 4.92. The molecular formula is C13H21NO. The first-order valence-electron chi connectivity index (χ1n) is 5.34. The van der Waals surface area contributed by atoms with Crippen LogP contribution < -0.4 is 5.32 Å². The van der Waals surface area contributed by atoms with Crippen molar-refractivity contribution in [1.29, 1.82) is 0 Å². The van der Waals surface area contributed by atoms with Crippen molar-refractivity contribution < 1.29 is 5.11 Å². The van der Waals surface area contributed by atoms with Crippen LogP contribution in [0.1, 0.15) is 30.5 Å². The van der Waals surface area contributed by atoms with Crippen molar-refractivity contribution in [3.05, 3.63) is 28.8 Å². The van der Waals surface area contributed by atoms with E-state index in [4.69, 9.17) is 0 Å². The van der Waals surface area contributed by atoms with Gasteiger partial charge in [0.1, 0.15) is 0 Å². The highest BCUT2D eigenvalue weighted by atomic mass is 16.3. The van der Waals surface area contributed by atoms with Crippen molar-refractivity contribution in [3.63, 3.8) is 0 Å². The van der Waals surface area contributed by atoms with Crippen molar-refractivity contribution in [2.24, 2.45) is 0 Å². The van der Waals surface area contributed by atoms with Crippen molar-refractivity contribution in [1.82, 2.24) is 0 Å². The third-order valence-corrected chi connectivity index (χ3v) is 2.55. The molecule has 1 rings (SSSR count). The van der Waals surface area contributed by atoms with Crippen LogP contribution in [0.3, 0.4) is 0 Å².